The quantitative estimate of drug-likeness (QED) is 0.787. The van der Waals surface area contributed by atoms with E-state index in [1.807, 2.05) is 0 Å². The summed E-state index contributed by atoms with van der Waals surface area (Å²) in [5, 5.41) is 10.6. The van der Waals surface area contributed by atoms with E-state index in [4.69, 9.17) is 0 Å². The highest BCUT2D eigenvalue weighted by Crippen LogP contribution is 2.40. The van der Waals surface area contributed by atoms with E-state index in [1.54, 1.807) is 6.92 Å². The summed E-state index contributed by atoms with van der Waals surface area (Å²) in [6.07, 6.45) is 0.00636. The average Bonchev–Trinajstić information content (AvgIpc) is 2.38. The van der Waals surface area contributed by atoms with Crippen LogP contribution in [0.15, 0.2) is 18.2 Å². The molecular weight excluding hydrogens is 272 g/mol. The molecule has 5 heteroatoms. The minimum absolute atomic E-state index is 0.0348. The van der Waals surface area contributed by atoms with Crippen LogP contribution in [0.1, 0.15) is 50.2 Å². The van der Waals surface area contributed by atoms with Crippen LogP contribution in [0.5, 0.6) is 0 Å². The smallest absolute Gasteiger partial charge is 0.385 e. The Hall–Kier alpha value is -1.10. The van der Waals surface area contributed by atoms with E-state index in [1.165, 1.54) is 6.07 Å². The van der Waals surface area contributed by atoms with Gasteiger partial charge in [0.25, 0.3) is 0 Å². The van der Waals surface area contributed by atoms with E-state index < -0.39 is 23.2 Å². The first-order chi connectivity index (χ1) is 9.23. The highest BCUT2D eigenvalue weighted by Gasteiger charge is 2.38. The van der Waals surface area contributed by atoms with Crippen molar-refractivity contribution in [2.24, 2.45) is 5.92 Å². The molecule has 1 nitrogen and oxygen atoms in total. The molecule has 1 aromatic rings. The number of benzene rings is 1. The van der Waals surface area contributed by atoms with Gasteiger partial charge < -0.3 is 5.11 Å². The van der Waals surface area contributed by atoms with Gasteiger partial charge in [-0.1, -0.05) is 25.3 Å². The second kappa shape index (κ2) is 5.35. The van der Waals surface area contributed by atoms with Gasteiger partial charge in [0.05, 0.1) is 11.2 Å². The SMILES string of the molecule is CC(O)(c1ccc(C(F)(F)F)c(F)c1)C1CCCCC1. The fraction of sp³-hybridized carbons (Fsp3) is 0.600. The maximum atomic E-state index is 13.6. The summed E-state index contributed by atoms with van der Waals surface area (Å²) >= 11 is 0. The van der Waals surface area contributed by atoms with E-state index in [0.29, 0.717) is 6.07 Å². The summed E-state index contributed by atoms with van der Waals surface area (Å²) in [5.74, 6) is -1.36. The fourth-order valence-electron chi connectivity index (χ4n) is 2.96. The van der Waals surface area contributed by atoms with Gasteiger partial charge >= 0.3 is 6.18 Å². The summed E-state index contributed by atoms with van der Waals surface area (Å²) in [5.41, 5.74) is -2.36. The maximum absolute atomic E-state index is 13.6. The first kappa shape index (κ1) is 15.3. The van der Waals surface area contributed by atoms with Crippen molar-refractivity contribution in [2.75, 3.05) is 0 Å². The van der Waals surface area contributed by atoms with Gasteiger partial charge in [0.1, 0.15) is 5.82 Å². The molecule has 1 aliphatic rings. The fourth-order valence-corrected chi connectivity index (χ4v) is 2.96. The first-order valence-corrected chi connectivity index (χ1v) is 6.82. The van der Waals surface area contributed by atoms with Crippen LogP contribution >= 0.6 is 0 Å². The molecule has 0 amide bonds. The van der Waals surface area contributed by atoms with E-state index in [9.17, 15) is 22.7 Å². The van der Waals surface area contributed by atoms with Crippen molar-refractivity contribution in [2.45, 2.75) is 50.8 Å². The van der Waals surface area contributed by atoms with Crippen LogP contribution in [0, 0.1) is 11.7 Å². The minimum atomic E-state index is -4.71. The molecule has 1 aromatic carbocycles. The summed E-state index contributed by atoms with van der Waals surface area (Å²) in [7, 11) is 0. The number of alkyl halides is 3. The Bertz CT molecular complexity index is 473. The largest absolute Gasteiger partial charge is 0.419 e. The Labute approximate surface area is 115 Å². The van der Waals surface area contributed by atoms with Crippen molar-refractivity contribution in [1.82, 2.24) is 0 Å². The summed E-state index contributed by atoms with van der Waals surface area (Å²) in [4.78, 5) is 0. The number of hydrogen-bond donors (Lipinski definition) is 1. The van der Waals surface area contributed by atoms with Gasteiger partial charge in [-0.2, -0.15) is 13.2 Å². The normalized spacial score (nSPS) is 20.7. The predicted molar refractivity (Wildman–Crippen MR) is 67.5 cm³/mol. The molecule has 0 aromatic heterocycles. The second-order valence-corrected chi connectivity index (χ2v) is 5.67. The number of halogens is 4. The predicted octanol–water partition coefficient (Wildman–Crippen LogP) is 4.63. The monoisotopic (exact) mass is 290 g/mol. The molecule has 112 valence electrons. The molecule has 2 rings (SSSR count). The Balaban J connectivity index is 2.30. The molecule has 1 N–H and O–H groups in total. The molecule has 1 saturated carbocycles. The number of rotatable bonds is 2. The van der Waals surface area contributed by atoms with Crippen molar-refractivity contribution in [3.05, 3.63) is 35.1 Å². The summed E-state index contributed by atoms with van der Waals surface area (Å²) < 4.78 is 51.2. The molecule has 1 atom stereocenters. The van der Waals surface area contributed by atoms with Gasteiger partial charge in [0.2, 0.25) is 0 Å². The minimum Gasteiger partial charge on any atom is -0.385 e. The molecule has 1 aliphatic carbocycles. The molecule has 0 heterocycles. The third-order valence-electron chi connectivity index (χ3n) is 4.26. The van der Waals surface area contributed by atoms with E-state index >= 15 is 0 Å². The lowest BCUT2D eigenvalue weighted by Gasteiger charge is -2.36. The molecule has 0 saturated heterocycles. The highest BCUT2D eigenvalue weighted by atomic mass is 19.4. The summed E-state index contributed by atoms with van der Waals surface area (Å²) in [6.45, 7) is 1.56. The van der Waals surface area contributed by atoms with Crippen LogP contribution in [0.2, 0.25) is 0 Å². The molecular formula is C15H18F4O. The van der Waals surface area contributed by atoms with Crippen molar-refractivity contribution in [1.29, 1.82) is 0 Å². The maximum Gasteiger partial charge on any atom is 0.419 e. The Morgan fingerprint density at radius 2 is 1.70 bits per heavy atom. The molecule has 0 radical (unpaired) electrons. The lowest BCUT2D eigenvalue weighted by atomic mass is 9.74. The average molecular weight is 290 g/mol. The van der Waals surface area contributed by atoms with Crippen molar-refractivity contribution in [3.63, 3.8) is 0 Å². The van der Waals surface area contributed by atoms with Gasteiger partial charge in [0.15, 0.2) is 0 Å². The Morgan fingerprint density at radius 1 is 1.10 bits per heavy atom. The van der Waals surface area contributed by atoms with Crippen molar-refractivity contribution >= 4 is 0 Å². The topological polar surface area (TPSA) is 20.2 Å². The Morgan fingerprint density at radius 3 is 2.20 bits per heavy atom. The zero-order valence-corrected chi connectivity index (χ0v) is 11.3. The first-order valence-electron chi connectivity index (χ1n) is 6.82. The van der Waals surface area contributed by atoms with Crippen LogP contribution in [0.4, 0.5) is 17.6 Å². The van der Waals surface area contributed by atoms with Crippen LogP contribution in [-0.2, 0) is 11.8 Å². The van der Waals surface area contributed by atoms with Crippen molar-refractivity contribution < 1.29 is 22.7 Å². The zero-order chi connectivity index (χ0) is 15.0. The number of hydrogen-bond acceptors (Lipinski definition) is 1. The molecule has 0 aliphatic heterocycles. The lowest BCUT2D eigenvalue weighted by Crippen LogP contribution is -2.33. The summed E-state index contributed by atoms with van der Waals surface area (Å²) in [6, 6.07) is 2.71. The van der Waals surface area contributed by atoms with Gasteiger partial charge in [-0.15, -0.1) is 0 Å². The van der Waals surface area contributed by atoms with Crippen molar-refractivity contribution in [3.8, 4) is 0 Å². The van der Waals surface area contributed by atoms with Gasteiger partial charge in [-0.05, 0) is 43.4 Å². The standard InChI is InChI=1S/C15H18F4O/c1-14(20,10-5-3-2-4-6-10)11-7-8-12(13(16)9-11)15(17,18)19/h7-10,20H,2-6H2,1H3. The van der Waals surface area contributed by atoms with Gasteiger partial charge in [-0.25, -0.2) is 4.39 Å². The highest BCUT2D eigenvalue weighted by molar-refractivity contribution is 5.30. The van der Waals surface area contributed by atoms with E-state index in [-0.39, 0.29) is 11.5 Å². The molecule has 20 heavy (non-hydrogen) atoms. The van der Waals surface area contributed by atoms with Crippen LogP contribution in [-0.4, -0.2) is 5.11 Å². The van der Waals surface area contributed by atoms with Gasteiger partial charge in [0, 0.05) is 0 Å². The number of aliphatic hydroxyl groups is 1. The van der Waals surface area contributed by atoms with Crippen LogP contribution in [0.3, 0.4) is 0 Å². The molecule has 1 fully saturated rings. The van der Waals surface area contributed by atoms with E-state index in [0.717, 1.165) is 38.2 Å². The van der Waals surface area contributed by atoms with Gasteiger partial charge in [-0.3, -0.25) is 0 Å². The van der Waals surface area contributed by atoms with Crippen LogP contribution < -0.4 is 0 Å². The second-order valence-electron chi connectivity index (χ2n) is 5.67. The molecule has 0 spiro atoms. The third-order valence-corrected chi connectivity index (χ3v) is 4.26. The third kappa shape index (κ3) is 2.97. The Kier molecular flexibility index (Phi) is 4.09. The zero-order valence-electron chi connectivity index (χ0n) is 11.3. The lowest BCUT2D eigenvalue weighted by molar-refractivity contribution is -0.140. The molecule has 1 unspecified atom stereocenters. The van der Waals surface area contributed by atoms with E-state index in [2.05, 4.69) is 0 Å². The van der Waals surface area contributed by atoms with Crippen LogP contribution in [0.25, 0.3) is 0 Å². The molecule has 0 bridgehead atoms.